The van der Waals surface area contributed by atoms with Gasteiger partial charge in [-0.2, -0.15) is 0 Å². The fraction of sp³-hybridized carbons (Fsp3) is 0.730. The molecule has 0 aliphatic carbocycles. The molecule has 0 saturated carbocycles. The third kappa shape index (κ3) is 28.3. The predicted molar refractivity (Wildman–Crippen MR) is 314 cm³/mol. The van der Waals surface area contributed by atoms with E-state index in [2.05, 4.69) is 116 Å². The lowest BCUT2D eigenvalue weighted by molar-refractivity contribution is -0.379. The number of carbonyl (C=O) groups is 1. The van der Waals surface area contributed by atoms with E-state index in [0.29, 0.717) is 19.3 Å². The van der Waals surface area contributed by atoms with Crippen molar-refractivity contribution in [1.82, 2.24) is 5.32 Å². The van der Waals surface area contributed by atoms with E-state index < -0.39 is 124 Å². The second-order valence-corrected chi connectivity index (χ2v) is 21.4. The normalized spacial score (nSPS) is 30.3. The minimum atomic E-state index is -1.98. The Hall–Kier alpha value is -3.29. The van der Waals surface area contributed by atoms with Gasteiger partial charge >= 0.3 is 0 Å². The number of hydrogen-bond donors (Lipinski definition) is 12. The molecule has 0 aromatic heterocycles. The van der Waals surface area contributed by atoms with Crippen LogP contribution >= 0.6 is 0 Å². The van der Waals surface area contributed by atoms with E-state index in [1.54, 1.807) is 0 Å². The van der Waals surface area contributed by atoms with Gasteiger partial charge in [-0.25, -0.2) is 0 Å². The SMILES string of the molecule is CC/C=C\C/C=C\C/C=C\C/C=C\C/C=C\C/C=C\C/C=C\C/C=C\CCCCC(=O)NC(COC1OC(CO)C(OC2OC(CO)C(OC3OC(CO)C(O)C(O)C3O)C(O)C2O)C(O)C1O)C(O)CCCCCCCCCCCC. The lowest BCUT2D eigenvalue weighted by Gasteiger charge is -2.48. The molecule has 3 fully saturated rings. The maximum absolute atomic E-state index is 13.3. The Labute approximate surface area is 488 Å². The number of allylic oxidation sites excluding steroid dienone is 16. The van der Waals surface area contributed by atoms with Crippen molar-refractivity contribution in [2.24, 2.45) is 0 Å². The van der Waals surface area contributed by atoms with Gasteiger partial charge in [-0.1, -0.05) is 175 Å². The molecule has 17 atom stereocenters. The van der Waals surface area contributed by atoms with Crippen LogP contribution in [0.25, 0.3) is 0 Å². The molecule has 1 amide bonds. The van der Waals surface area contributed by atoms with Crippen LogP contribution in [-0.4, -0.2) is 193 Å². The van der Waals surface area contributed by atoms with Crippen LogP contribution in [0.3, 0.4) is 0 Å². The summed E-state index contributed by atoms with van der Waals surface area (Å²) in [7, 11) is 0. The average Bonchev–Trinajstić information content (AvgIpc) is 3.64. The van der Waals surface area contributed by atoms with Crippen LogP contribution in [0.5, 0.6) is 0 Å². The molecule has 12 N–H and O–H groups in total. The Morgan fingerprint density at radius 1 is 0.451 bits per heavy atom. The van der Waals surface area contributed by atoms with E-state index in [1.165, 1.54) is 32.1 Å². The van der Waals surface area contributed by atoms with Crippen LogP contribution in [0.1, 0.15) is 162 Å². The van der Waals surface area contributed by atoms with Gasteiger partial charge in [-0.05, 0) is 77.0 Å². The predicted octanol–water partition coefficient (Wildman–Crippen LogP) is 5.76. The fourth-order valence-electron chi connectivity index (χ4n) is 9.68. The highest BCUT2D eigenvalue weighted by atomic mass is 16.8. The number of rotatable bonds is 43. The Balaban J connectivity index is 1.45. The number of aliphatic hydroxyl groups is 11. The van der Waals surface area contributed by atoms with E-state index in [4.69, 9.17) is 28.4 Å². The van der Waals surface area contributed by atoms with Crippen LogP contribution in [-0.2, 0) is 33.2 Å². The summed E-state index contributed by atoms with van der Waals surface area (Å²) in [6.45, 7) is 1.58. The smallest absolute Gasteiger partial charge is 0.220 e. The van der Waals surface area contributed by atoms with E-state index in [9.17, 15) is 61.0 Å². The monoisotopic (exact) mass is 1160 g/mol. The summed E-state index contributed by atoms with van der Waals surface area (Å²) in [5, 5.41) is 120. The zero-order valence-electron chi connectivity index (χ0n) is 48.9. The molecule has 3 rings (SSSR count). The number of unbranched alkanes of at least 4 members (excludes halogenated alkanes) is 11. The number of hydrogen-bond acceptors (Lipinski definition) is 18. The minimum absolute atomic E-state index is 0.204. The standard InChI is InChI=1S/C63H105NO18/c1-3-5-7-9-11-13-15-16-17-18-19-20-21-22-23-24-25-26-27-28-29-30-31-33-35-37-39-41-51(69)64-46(47(68)40-38-36-34-32-14-12-10-8-6-4-2)45-77-61-57(75)54(72)59(49(43-66)79-61)82-63-58(76)55(73)60(50(44-67)80-63)81-62-56(74)53(71)52(70)48(42-65)78-62/h5,7,11,13,16-17,19-20,22-23,25-26,28-29,31,33,46-50,52-63,65-68,70-76H,3-4,6,8-10,12,14-15,18,21,24,27,30,32,34-45H2,1-2H3,(H,64,69)/b7-5-,13-11-,17-16-,20-19-,23-22-,26-25-,29-28-,33-31-. The van der Waals surface area contributed by atoms with Gasteiger partial charge in [-0.3, -0.25) is 4.79 Å². The number of ether oxygens (including phenoxy) is 6. The molecule has 82 heavy (non-hydrogen) atoms. The maximum Gasteiger partial charge on any atom is 0.220 e. The van der Waals surface area contributed by atoms with Crippen LogP contribution in [0.15, 0.2) is 97.2 Å². The van der Waals surface area contributed by atoms with Crippen LogP contribution in [0, 0.1) is 0 Å². The van der Waals surface area contributed by atoms with Crippen LogP contribution < -0.4 is 5.32 Å². The highest BCUT2D eigenvalue weighted by molar-refractivity contribution is 5.76. The molecule has 0 aromatic carbocycles. The summed E-state index contributed by atoms with van der Waals surface area (Å²) >= 11 is 0. The van der Waals surface area contributed by atoms with Gasteiger partial charge in [-0.15, -0.1) is 0 Å². The molecule has 17 unspecified atom stereocenters. The zero-order valence-corrected chi connectivity index (χ0v) is 48.9. The highest BCUT2D eigenvalue weighted by Gasteiger charge is 2.53. The third-order valence-electron chi connectivity index (χ3n) is 14.7. The summed E-state index contributed by atoms with van der Waals surface area (Å²) in [5.74, 6) is -0.292. The Kier molecular flexibility index (Phi) is 40.1. The van der Waals surface area contributed by atoms with Crippen LogP contribution in [0.2, 0.25) is 0 Å². The molecule has 0 bridgehead atoms. The number of amides is 1. The summed E-state index contributed by atoms with van der Waals surface area (Å²) < 4.78 is 34.2. The first-order chi connectivity index (χ1) is 39.8. The molecule has 3 saturated heterocycles. The second-order valence-electron chi connectivity index (χ2n) is 21.4. The number of aliphatic hydroxyl groups excluding tert-OH is 11. The van der Waals surface area contributed by atoms with Gasteiger partial charge in [0.15, 0.2) is 18.9 Å². The first kappa shape index (κ1) is 73.0. The molecule has 3 aliphatic rings. The van der Waals surface area contributed by atoms with Crippen LogP contribution in [0.4, 0.5) is 0 Å². The number of nitrogens with one attached hydrogen (secondary N) is 1. The highest BCUT2D eigenvalue weighted by Crippen LogP contribution is 2.33. The molecule has 19 nitrogen and oxygen atoms in total. The summed E-state index contributed by atoms with van der Waals surface area (Å²) in [5.41, 5.74) is 0. The van der Waals surface area contributed by atoms with Gasteiger partial charge in [0.1, 0.15) is 73.2 Å². The van der Waals surface area contributed by atoms with Crippen molar-refractivity contribution in [2.45, 2.75) is 266 Å². The van der Waals surface area contributed by atoms with Gasteiger partial charge in [0.25, 0.3) is 0 Å². The van der Waals surface area contributed by atoms with Gasteiger partial charge in [0.2, 0.25) is 5.91 Å². The van der Waals surface area contributed by atoms with Gasteiger partial charge in [0, 0.05) is 6.42 Å². The Morgan fingerprint density at radius 3 is 1.29 bits per heavy atom. The van der Waals surface area contributed by atoms with E-state index in [-0.39, 0.29) is 18.9 Å². The third-order valence-corrected chi connectivity index (χ3v) is 14.7. The fourth-order valence-corrected chi connectivity index (χ4v) is 9.68. The second kappa shape index (κ2) is 45.1. The largest absolute Gasteiger partial charge is 0.394 e. The molecule has 470 valence electrons. The molecule has 3 aliphatic heterocycles. The summed E-state index contributed by atoms with van der Waals surface area (Å²) in [4.78, 5) is 13.3. The first-order valence-electron chi connectivity index (χ1n) is 30.5. The van der Waals surface area contributed by atoms with Gasteiger partial charge < -0.3 is 89.9 Å². The van der Waals surface area contributed by atoms with Crippen molar-refractivity contribution in [3.63, 3.8) is 0 Å². The summed E-state index contributed by atoms with van der Waals surface area (Å²) in [6, 6.07) is -0.916. The van der Waals surface area contributed by atoms with E-state index in [0.717, 1.165) is 89.9 Å². The Morgan fingerprint density at radius 2 is 0.841 bits per heavy atom. The van der Waals surface area contributed by atoms with Crippen molar-refractivity contribution in [3.05, 3.63) is 97.2 Å². The molecule has 0 aromatic rings. The Bertz CT molecular complexity index is 1870. The van der Waals surface area contributed by atoms with Crippen molar-refractivity contribution >= 4 is 5.91 Å². The van der Waals surface area contributed by atoms with Crippen molar-refractivity contribution in [3.8, 4) is 0 Å². The van der Waals surface area contributed by atoms with E-state index >= 15 is 0 Å². The van der Waals surface area contributed by atoms with E-state index in [1.807, 2.05) is 0 Å². The zero-order chi connectivity index (χ0) is 59.7. The van der Waals surface area contributed by atoms with Crippen molar-refractivity contribution < 1.29 is 89.4 Å². The maximum atomic E-state index is 13.3. The molecule has 0 radical (unpaired) electrons. The molecule has 0 spiro atoms. The van der Waals surface area contributed by atoms with Crippen molar-refractivity contribution in [1.29, 1.82) is 0 Å². The van der Waals surface area contributed by atoms with Crippen molar-refractivity contribution in [2.75, 3.05) is 26.4 Å². The quantitative estimate of drug-likeness (QED) is 0.0255. The van der Waals surface area contributed by atoms with Gasteiger partial charge in [0.05, 0.1) is 38.6 Å². The topological polar surface area (TPSA) is 307 Å². The number of carbonyl (C=O) groups excluding carboxylic acids is 1. The lowest BCUT2D eigenvalue weighted by atomic mass is 9.96. The molecular weight excluding hydrogens is 1060 g/mol. The molecule has 19 heteroatoms. The molecule has 3 heterocycles. The lowest BCUT2D eigenvalue weighted by Crippen LogP contribution is -2.66. The first-order valence-corrected chi connectivity index (χ1v) is 30.5. The average molecular weight is 1160 g/mol. The minimum Gasteiger partial charge on any atom is -0.394 e. The molecular formula is C63H105NO18. The summed E-state index contributed by atoms with van der Waals surface area (Å²) in [6.07, 6.45) is 29.4.